The van der Waals surface area contributed by atoms with Gasteiger partial charge in [0.05, 0.1) is 6.07 Å². The van der Waals surface area contributed by atoms with Crippen LogP contribution in [0.2, 0.25) is 0 Å². The number of thiol groups is 1. The van der Waals surface area contributed by atoms with E-state index in [-0.39, 0.29) is 6.42 Å². The highest BCUT2D eigenvalue weighted by molar-refractivity contribution is 8.24. The fourth-order valence-electron chi connectivity index (χ4n) is 2.63. The number of aliphatic carboxylic acids is 1. The molecule has 0 amide bonds. The van der Waals surface area contributed by atoms with Crippen molar-refractivity contribution in [1.82, 2.24) is 0 Å². The molecule has 2 atom stereocenters. The first-order chi connectivity index (χ1) is 11.8. The van der Waals surface area contributed by atoms with E-state index in [0.29, 0.717) is 0 Å². The molecule has 0 aliphatic carbocycles. The van der Waals surface area contributed by atoms with Crippen molar-refractivity contribution >= 4 is 46.8 Å². The number of rotatable bonds is 15. The molecular weight excluding hydrogens is 370 g/mol. The van der Waals surface area contributed by atoms with E-state index in [1.165, 1.54) is 69.5 Å². The Hall–Kier alpha value is -0.250. The van der Waals surface area contributed by atoms with Crippen molar-refractivity contribution in [3.8, 4) is 6.07 Å². The van der Waals surface area contributed by atoms with Crippen LogP contribution in [0.5, 0.6) is 0 Å². The van der Waals surface area contributed by atoms with Gasteiger partial charge < -0.3 is 5.11 Å². The first-order valence-electron chi connectivity index (χ1n) is 9.38. The van der Waals surface area contributed by atoms with E-state index in [1.54, 1.807) is 6.92 Å². The fourth-order valence-corrected chi connectivity index (χ4v) is 4.85. The smallest absolute Gasteiger partial charge is 0.316 e. The van der Waals surface area contributed by atoms with Gasteiger partial charge in [0.25, 0.3) is 0 Å². The number of thiocarbonyl (C=S) groups is 1. The molecule has 6 heteroatoms. The third kappa shape index (κ3) is 13.6. The van der Waals surface area contributed by atoms with Gasteiger partial charge in [-0.15, -0.1) is 0 Å². The molecule has 0 fully saturated rings. The summed E-state index contributed by atoms with van der Waals surface area (Å²) in [4.78, 5) is 10.9. The number of nitriles is 1. The van der Waals surface area contributed by atoms with Gasteiger partial charge in [0.15, 0.2) is 0 Å². The van der Waals surface area contributed by atoms with Crippen LogP contribution in [0.3, 0.4) is 0 Å². The Morgan fingerprint density at radius 2 is 1.64 bits per heavy atom. The maximum absolute atomic E-state index is 10.9. The molecular formula is C19H33NO2S3. The summed E-state index contributed by atoms with van der Waals surface area (Å²) in [5.41, 5.74) is 0. The van der Waals surface area contributed by atoms with Crippen LogP contribution in [0.4, 0.5) is 0 Å². The number of unbranched alkanes of at least 4 members (excludes halogenated alkanes) is 9. The van der Waals surface area contributed by atoms with Crippen molar-refractivity contribution in [2.24, 2.45) is 0 Å². The predicted octanol–water partition coefficient (Wildman–Crippen LogP) is 6.41. The van der Waals surface area contributed by atoms with E-state index in [9.17, 15) is 10.1 Å². The Kier molecular flexibility index (Phi) is 14.7. The fraction of sp³-hybridized carbons (Fsp3) is 0.842. The standard InChI is InChI=1S/C19H33NO2S3/c1-3-4-5-6-7-8-9-10-11-12-13-17(24)25-19(2,15-20)14-16(23)18(21)22/h16,23H,3-14H2,1-2H3,(H,21,22). The van der Waals surface area contributed by atoms with Gasteiger partial charge in [-0.3, -0.25) is 4.79 Å². The molecule has 3 nitrogen and oxygen atoms in total. The van der Waals surface area contributed by atoms with E-state index in [2.05, 4.69) is 25.6 Å². The zero-order valence-corrected chi connectivity index (χ0v) is 18.2. The lowest BCUT2D eigenvalue weighted by Gasteiger charge is -2.22. The molecule has 144 valence electrons. The third-order valence-electron chi connectivity index (χ3n) is 4.18. The Balaban J connectivity index is 3.81. The molecule has 0 aromatic heterocycles. The molecule has 0 bridgehead atoms. The van der Waals surface area contributed by atoms with Crippen LogP contribution < -0.4 is 0 Å². The minimum absolute atomic E-state index is 0.185. The highest BCUT2D eigenvalue weighted by atomic mass is 32.2. The van der Waals surface area contributed by atoms with Gasteiger partial charge in [0, 0.05) is 4.20 Å². The third-order valence-corrected chi connectivity index (χ3v) is 6.18. The van der Waals surface area contributed by atoms with Crippen LogP contribution >= 0.6 is 36.6 Å². The van der Waals surface area contributed by atoms with E-state index in [1.807, 2.05) is 0 Å². The molecule has 0 rings (SSSR count). The predicted molar refractivity (Wildman–Crippen MR) is 116 cm³/mol. The highest BCUT2D eigenvalue weighted by Gasteiger charge is 2.31. The number of hydrogen-bond acceptors (Lipinski definition) is 5. The maximum atomic E-state index is 10.9. The molecule has 0 spiro atoms. The summed E-state index contributed by atoms with van der Waals surface area (Å²) in [7, 11) is 0. The second kappa shape index (κ2) is 14.9. The zero-order valence-electron chi connectivity index (χ0n) is 15.6. The molecule has 0 saturated carbocycles. The number of nitrogens with zero attached hydrogens (tertiary/aromatic N) is 1. The van der Waals surface area contributed by atoms with Crippen molar-refractivity contribution in [2.75, 3.05) is 0 Å². The van der Waals surface area contributed by atoms with Crippen molar-refractivity contribution in [1.29, 1.82) is 5.26 Å². The highest BCUT2D eigenvalue weighted by Crippen LogP contribution is 2.33. The summed E-state index contributed by atoms with van der Waals surface area (Å²) in [6, 6.07) is 2.20. The summed E-state index contributed by atoms with van der Waals surface area (Å²) < 4.78 is -0.0186. The summed E-state index contributed by atoms with van der Waals surface area (Å²) in [5.74, 6) is -0.994. The van der Waals surface area contributed by atoms with Crippen LogP contribution in [0.15, 0.2) is 0 Å². The Morgan fingerprint density at radius 1 is 1.16 bits per heavy atom. The number of thioether (sulfide) groups is 1. The minimum atomic E-state index is -0.994. The van der Waals surface area contributed by atoms with E-state index >= 15 is 0 Å². The monoisotopic (exact) mass is 403 g/mol. The van der Waals surface area contributed by atoms with Gasteiger partial charge in [0.1, 0.15) is 10.00 Å². The Labute approximate surface area is 168 Å². The van der Waals surface area contributed by atoms with Crippen LogP contribution in [-0.2, 0) is 4.79 Å². The van der Waals surface area contributed by atoms with Crippen LogP contribution in [0.1, 0.15) is 90.9 Å². The summed E-state index contributed by atoms with van der Waals surface area (Å²) in [6.45, 7) is 3.99. The molecule has 1 N–H and O–H groups in total. The SMILES string of the molecule is CCCCCCCCCCCCC(=S)SC(C)(C#N)CC(S)C(=O)O. The van der Waals surface area contributed by atoms with Crippen LogP contribution in [0, 0.1) is 11.3 Å². The normalized spacial score (nSPS) is 14.5. The van der Waals surface area contributed by atoms with Gasteiger partial charge in [-0.25, -0.2) is 0 Å². The van der Waals surface area contributed by atoms with Crippen molar-refractivity contribution in [3.63, 3.8) is 0 Å². The second-order valence-electron chi connectivity index (χ2n) is 6.81. The lowest BCUT2D eigenvalue weighted by atomic mass is 10.1. The summed E-state index contributed by atoms with van der Waals surface area (Å²) in [6.07, 6.45) is 13.8. The van der Waals surface area contributed by atoms with Crippen molar-refractivity contribution in [3.05, 3.63) is 0 Å². The second-order valence-corrected chi connectivity index (χ2v) is 9.78. The van der Waals surface area contributed by atoms with Crippen molar-refractivity contribution in [2.45, 2.75) is 101 Å². The van der Waals surface area contributed by atoms with Gasteiger partial charge >= 0.3 is 5.97 Å². The molecule has 2 unspecified atom stereocenters. The van der Waals surface area contributed by atoms with Gasteiger partial charge in [0.2, 0.25) is 0 Å². The van der Waals surface area contributed by atoms with Crippen molar-refractivity contribution < 1.29 is 9.90 Å². The lowest BCUT2D eigenvalue weighted by molar-refractivity contribution is -0.136. The van der Waals surface area contributed by atoms with Gasteiger partial charge in [-0.05, 0) is 26.2 Å². The average molecular weight is 404 g/mol. The van der Waals surface area contributed by atoms with Crippen LogP contribution in [0.25, 0.3) is 0 Å². The number of hydrogen-bond donors (Lipinski definition) is 2. The largest absolute Gasteiger partial charge is 0.480 e. The zero-order chi connectivity index (χ0) is 19.1. The maximum Gasteiger partial charge on any atom is 0.316 e. The average Bonchev–Trinajstić information content (AvgIpc) is 2.56. The molecule has 0 aromatic carbocycles. The van der Waals surface area contributed by atoms with Gasteiger partial charge in [-0.2, -0.15) is 17.9 Å². The topological polar surface area (TPSA) is 61.1 Å². The van der Waals surface area contributed by atoms with Crippen LogP contribution in [-0.4, -0.2) is 25.3 Å². The molecule has 0 radical (unpaired) electrons. The minimum Gasteiger partial charge on any atom is -0.480 e. The molecule has 0 saturated heterocycles. The summed E-state index contributed by atoms with van der Waals surface area (Å²) in [5, 5.41) is 17.5. The molecule has 0 aromatic rings. The number of carboxylic acid groups (broad SMARTS) is 1. The molecule has 0 aliphatic rings. The van der Waals surface area contributed by atoms with E-state index in [4.69, 9.17) is 17.3 Å². The Bertz CT molecular complexity index is 437. The molecule has 0 aliphatic heterocycles. The number of carbonyl (C=O) groups is 1. The molecule has 25 heavy (non-hydrogen) atoms. The van der Waals surface area contributed by atoms with Gasteiger partial charge in [-0.1, -0.05) is 88.7 Å². The first kappa shape index (κ1) is 24.8. The van der Waals surface area contributed by atoms with E-state index in [0.717, 1.165) is 17.0 Å². The molecule has 0 heterocycles. The summed E-state index contributed by atoms with van der Waals surface area (Å²) >= 11 is 10.7. The van der Waals surface area contributed by atoms with E-state index < -0.39 is 16.0 Å². The first-order valence-corrected chi connectivity index (χ1v) is 11.1. The lowest BCUT2D eigenvalue weighted by Crippen LogP contribution is -2.28. The Morgan fingerprint density at radius 3 is 2.08 bits per heavy atom. The quantitative estimate of drug-likeness (QED) is 0.188. The number of carboxylic acids is 1.